The summed E-state index contributed by atoms with van der Waals surface area (Å²) in [7, 11) is 0. The lowest BCUT2D eigenvalue weighted by Crippen LogP contribution is -2.11. The molecule has 0 aliphatic rings. The van der Waals surface area contributed by atoms with E-state index in [9.17, 15) is 4.79 Å². The maximum atomic E-state index is 11.1. The second kappa shape index (κ2) is 10.9. The topological polar surface area (TPSA) is 32.9 Å². The van der Waals surface area contributed by atoms with Gasteiger partial charge in [-0.05, 0) is 24.6 Å². The Bertz CT molecular complexity index is 388. The van der Waals surface area contributed by atoms with Crippen molar-refractivity contribution in [1.82, 2.24) is 4.98 Å². The highest BCUT2D eigenvalue weighted by Gasteiger charge is 1.98. The fourth-order valence-corrected chi connectivity index (χ4v) is 1.01. The van der Waals surface area contributed by atoms with Gasteiger partial charge in [-0.25, -0.2) is 0 Å². The number of H-pyrrole nitrogens is 1. The maximum Gasteiger partial charge on any atom is 0.251 e. The number of aromatic nitrogens is 1. The van der Waals surface area contributed by atoms with E-state index in [0.717, 1.165) is 11.3 Å². The molecule has 1 N–H and O–H groups in total. The fourth-order valence-electron chi connectivity index (χ4n) is 1.01. The van der Waals surface area contributed by atoms with Crippen LogP contribution in [0.2, 0.25) is 0 Å². The van der Waals surface area contributed by atoms with Crippen molar-refractivity contribution in [3.05, 3.63) is 46.4 Å². The molecular formula is C15H25NO. The Labute approximate surface area is 105 Å². The first-order valence-corrected chi connectivity index (χ1v) is 6.09. The van der Waals surface area contributed by atoms with Gasteiger partial charge >= 0.3 is 0 Å². The highest BCUT2D eigenvalue weighted by molar-refractivity contribution is 5.60. The van der Waals surface area contributed by atoms with E-state index in [2.05, 4.69) is 32.0 Å². The molecular weight excluding hydrogens is 210 g/mol. The summed E-state index contributed by atoms with van der Waals surface area (Å²) >= 11 is 0. The molecule has 0 amide bonds. The second-order valence-electron chi connectivity index (χ2n) is 3.27. The molecule has 2 heteroatoms. The third kappa shape index (κ3) is 6.56. The van der Waals surface area contributed by atoms with Crippen LogP contribution in [0.5, 0.6) is 0 Å². The van der Waals surface area contributed by atoms with E-state index in [1.54, 1.807) is 25.1 Å². The Morgan fingerprint density at radius 1 is 1.24 bits per heavy atom. The second-order valence-corrected chi connectivity index (χ2v) is 3.27. The molecule has 0 unspecified atom stereocenters. The van der Waals surface area contributed by atoms with Crippen molar-refractivity contribution in [2.24, 2.45) is 0 Å². The summed E-state index contributed by atoms with van der Waals surface area (Å²) in [5, 5.41) is 0. The quantitative estimate of drug-likeness (QED) is 0.809. The van der Waals surface area contributed by atoms with Gasteiger partial charge in [-0.2, -0.15) is 0 Å². The number of hydrogen-bond donors (Lipinski definition) is 1. The van der Waals surface area contributed by atoms with Gasteiger partial charge in [-0.1, -0.05) is 53.3 Å². The van der Waals surface area contributed by atoms with Crippen LogP contribution in [-0.4, -0.2) is 4.98 Å². The third-order valence-electron chi connectivity index (χ3n) is 1.71. The Morgan fingerprint density at radius 2 is 1.71 bits per heavy atom. The van der Waals surface area contributed by atoms with Crippen LogP contribution in [0.1, 0.15) is 50.9 Å². The number of aromatic amines is 1. The SMILES string of the molecule is C=Cc1cc(C)c(=O)[nH]c1C=C.CC.CCC. The average molecular weight is 235 g/mol. The molecule has 17 heavy (non-hydrogen) atoms. The van der Waals surface area contributed by atoms with Crippen molar-refractivity contribution in [3.8, 4) is 0 Å². The van der Waals surface area contributed by atoms with E-state index in [1.807, 2.05) is 13.8 Å². The van der Waals surface area contributed by atoms with E-state index >= 15 is 0 Å². The van der Waals surface area contributed by atoms with Crippen molar-refractivity contribution in [1.29, 1.82) is 0 Å². The van der Waals surface area contributed by atoms with E-state index < -0.39 is 0 Å². The first kappa shape index (κ1) is 17.8. The molecule has 1 heterocycles. The molecule has 0 fully saturated rings. The summed E-state index contributed by atoms with van der Waals surface area (Å²) in [4.78, 5) is 13.8. The molecule has 1 aromatic rings. The molecule has 0 bridgehead atoms. The average Bonchev–Trinajstić information content (AvgIpc) is 2.35. The van der Waals surface area contributed by atoms with Gasteiger partial charge in [-0.15, -0.1) is 0 Å². The van der Waals surface area contributed by atoms with Gasteiger partial charge in [0.1, 0.15) is 0 Å². The first-order valence-electron chi connectivity index (χ1n) is 6.09. The molecule has 0 radical (unpaired) electrons. The van der Waals surface area contributed by atoms with Crippen LogP contribution in [-0.2, 0) is 0 Å². The van der Waals surface area contributed by atoms with Crippen LogP contribution in [0, 0.1) is 6.92 Å². The van der Waals surface area contributed by atoms with Gasteiger partial charge < -0.3 is 4.98 Å². The van der Waals surface area contributed by atoms with Gasteiger partial charge in [0.15, 0.2) is 0 Å². The predicted molar refractivity (Wildman–Crippen MR) is 79.3 cm³/mol. The molecule has 2 nitrogen and oxygen atoms in total. The van der Waals surface area contributed by atoms with E-state index in [0.29, 0.717) is 5.56 Å². The molecule has 0 aromatic carbocycles. The minimum atomic E-state index is -0.0736. The summed E-state index contributed by atoms with van der Waals surface area (Å²) in [6.45, 7) is 17.2. The molecule has 1 aromatic heterocycles. The molecule has 0 saturated heterocycles. The number of hydrogen-bond acceptors (Lipinski definition) is 1. The lowest BCUT2D eigenvalue weighted by atomic mass is 10.1. The zero-order valence-corrected chi connectivity index (χ0v) is 11.8. The van der Waals surface area contributed by atoms with Crippen molar-refractivity contribution < 1.29 is 0 Å². The minimum absolute atomic E-state index is 0.0736. The van der Waals surface area contributed by atoms with Crippen molar-refractivity contribution >= 4 is 12.2 Å². The Hall–Kier alpha value is -1.57. The zero-order valence-electron chi connectivity index (χ0n) is 11.8. The molecule has 1 rings (SSSR count). The Kier molecular flexibility index (Phi) is 11.5. The maximum absolute atomic E-state index is 11.1. The molecule has 0 atom stereocenters. The highest BCUT2D eigenvalue weighted by atomic mass is 16.1. The molecule has 0 spiro atoms. The number of aryl methyl sites for hydroxylation is 1. The third-order valence-corrected chi connectivity index (χ3v) is 1.71. The summed E-state index contributed by atoms with van der Waals surface area (Å²) in [6, 6.07) is 1.79. The van der Waals surface area contributed by atoms with E-state index in [-0.39, 0.29) is 5.56 Å². The fraction of sp³-hybridized carbons (Fsp3) is 0.400. The predicted octanol–water partition coefficient (Wildman–Crippen LogP) is 4.41. The lowest BCUT2D eigenvalue weighted by molar-refractivity contribution is 1.09. The van der Waals surface area contributed by atoms with Crippen molar-refractivity contribution in [2.45, 2.75) is 41.0 Å². The minimum Gasteiger partial charge on any atom is -0.322 e. The standard InChI is InChI=1S/C10H11NO.C3H8.C2H6/c1-4-8-6-7(3)10(12)11-9(8)5-2;1-3-2;1-2/h4-6H,1-2H2,3H3,(H,11,12);3H2,1-2H3;1-2H3. The van der Waals surface area contributed by atoms with Crippen molar-refractivity contribution in [2.75, 3.05) is 0 Å². The molecule has 96 valence electrons. The summed E-state index contributed by atoms with van der Waals surface area (Å²) in [5.41, 5.74) is 2.24. The van der Waals surface area contributed by atoms with Gasteiger partial charge in [0, 0.05) is 11.3 Å². The lowest BCUT2D eigenvalue weighted by Gasteiger charge is -2.00. The normalized spacial score (nSPS) is 8.06. The van der Waals surface area contributed by atoms with Crippen LogP contribution < -0.4 is 5.56 Å². The number of nitrogens with one attached hydrogen (secondary N) is 1. The first-order chi connectivity index (χ1) is 8.10. The largest absolute Gasteiger partial charge is 0.322 e. The van der Waals surface area contributed by atoms with Gasteiger partial charge in [-0.3, -0.25) is 4.79 Å². The number of rotatable bonds is 2. The van der Waals surface area contributed by atoms with Gasteiger partial charge in [0.05, 0.1) is 0 Å². The Morgan fingerprint density at radius 3 is 2.06 bits per heavy atom. The molecule has 0 saturated carbocycles. The van der Waals surface area contributed by atoms with Crippen LogP contribution >= 0.6 is 0 Å². The van der Waals surface area contributed by atoms with Gasteiger partial charge in [0.25, 0.3) is 5.56 Å². The van der Waals surface area contributed by atoms with Crippen molar-refractivity contribution in [3.63, 3.8) is 0 Å². The zero-order chi connectivity index (χ0) is 13.8. The monoisotopic (exact) mass is 235 g/mol. The molecule has 0 aliphatic heterocycles. The van der Waals surface area contributed by atoms with E-state index in [1.165, 1.54) is 6.42 Å². The highest BCUT2D eigenvalue weighted by Crippen LogP contribution is 2.07. The Balaban J connectivity index is 0. The van der Waals surface area contributed by atoms with Gasteiger partial charge in [0.2, 0.25) is 0 Å². The summed E-state index contributed by atoms with van der Waals surface area (Å²) in [6.07, 6.45) is 4.55. The van der Waals surface area contributed by atoms with Crippen LogP contribution in [0.25, 0.3) is 12.2 Å². The van der Waals surface area contributed by atoms with Crippen LogP contribution in [0.4, 0.5) is 0 Å². The molecule has 0 aliphatic carbocycles. The number of pyridine rings is 1. The smallest absolute Gasteiger partial charge is 0.251 e. The van der Waals surface area contributed by atoms with Crippen LogP contribution in [0.15, 0.2) is 24.0 Å². The van der Waals surface area contributed by atoms with E-state index in [4.69, 9.17) is 0 Å². The summed E-state index contributed by atoms with van der Waals surface area (Å²) < 4.78 is 0. The summed E-state index contributed by atoms with van der Waals surface area (Å²) in [5.74, 6) is 0. The van der Waals surface area contributed by atoms with Crippen LogP contribution in [0.3, 0.4) is 0 Å².